The van der Waals surface area contributed by atoms with Gasteiger partial charge < -0.3 is 19.3 Å². The van der Waals surface area contributed by atoms with Crippen LogP contribution in [0.4, 0.5) is 0 Å². The molecule has 246 valence electrons. The molecule has 8 heteroatoms. The van der Waals surface area contributed by atoms with Crippen LogP contribution >= 0.6 is 0 Å². The number of carboxylic acid groups (broad SMARTS) is 1. The van der Waals surface area contributed by atoms with Crippen molar-refractivity contribution in [2.75, 3.05) is 0 Å². The summed E-state index contributed by atoms with van der Waals surface area (Å²) in [5, 5.41) is 9.42. The smallest absolute Gasteiger partial charge is 0.330 e. The molecule has 0 radical (unpaired) electrons. The molecule has 2 saturated carbocycles. The molecule has 9 atom stereocenters. The third kappa shape index (κ3) is 5.53. The Labute approximate surface area is 263 Å². The molecule has 1 N–H and O–H groups in total. The molecule has 9 unspecified atom stereocenters. The number of fused-ring (bicyclic) bond motifs is 4. The third-order valence-corrected chi connectivity index (χ3v) is 12.9. The maximum atomic E-state index is 12.6. The SMILES string of the molecule is CC(=O)OC(CC=C(C)C(=O)O)C(C)C1CC(OC(C)=O)C2(C)C3=C(CCC12C)C1(C)CCC(OC(C)=O)C(C)(C)C1CC3. The number of carbonyl (C=O) groups is 4. The van der Waals surface area contributed by atoms with Gasteiger partial charge in [0.1, 0.15) is 18.3 Å². The van der Waals surface area contributed by atoms with Crippen LogP contribution < -0.4 is 0 Å². The van der Waals surface area contributed by atoms with Crippen LogP contribution in [0.15, 0.2) is 22.8 Å². The van der Waals surface area contributed by atoms with E-state index < -0.39 is 23.5 Å². The maximum Gasteiger partial charge on any atom is 0.330 e. The zero-order chi connectivity index (χ0) is 33.0. The predicted octanol–water partition coefficient (Wildman–Crippen LogP) is 7.20. The van der Waals surface area contributed by atoms with Crippen LogP contribution in [0.3, 0.4) is 0 Å². The van der Waals surface area contributed by atoms with E-state index in [1.807, 2.05) is 0 Å². The number of esters is 3. The van der Waals surface area contributed by atoms with Crippen molar-refractivity contribution in [2.24, 2.45) is 39.4 Å². The molecule has 8 nitrogen and oxygen atoms in total. The van der Waals surface area contributed by atoms with Gasteiger partial charge in [-0.25, -0.2) is 4.79 Å². The third-order valence-electron chi connectivity index (χ3n) is 12.9. The molecule has 0 amide bonds. The highest BCUT2D eigenvalue weighted by molar-refractivity contribution is 5.85. The number of carboxylic acids is 1. The van der Waals surface area contributed by atoms with Crippen molar-refractivity contribution in [1.29, 1.82) is 0 Å². The van der Waals surface area contributed by atoms with E-state index in [1.165, 1.54) is 31.9 Å². The van der Waals surface area contributed by atoms with Gasteiger partial charge in [0.2, 0.25) is 0 Å². The summed E-state index contributed by atoms with van der Waals surface area (Å²) >= 11 is 0. The number of allylic oxidation sites excluding steroid dienone is 1. The van der Waals surface area contributed by atoms with Crippen LogP contribution in [0.2, 0.25) is 0 Å². The van der Waals surface area contributed by atoms with E-state index in [-0.39, 0.29) is 57.8 Å². The van der Waals surface area contributed by atoms with Gasteiger partial charge in [0.05, 0.1) is 0 Å². The van der Waals surface area contributed by atoms with Crippen LogP contribution in [-0.4, -0.2) is 47.3 Å². The summed E-state index contributed by atoms with van der Waals surface area (Å²) < 4.78 is 17.9. The molecule has 0 heterocycles. The van der Waals surface area contributed by atoms with Crippen molar-refractivity contribution in [3.63, 3.8) is 0 Å². The molecule has 0 spiro atoms. The molecule has 0 aromatic heterocycles. The average molecular weight is 615 g/mol. The van der Waals surface area contributed by atoms with Crippen LogP contribution in [0.1, 0.15) is 121 Å². The second-order valence-electron chi connectivity index (χ2n) is 15.4. The second kappa shape index (κ2) is 11.9. The zero-order valence-corrected chi connectivity index (χ0v) is 28.5. The highest BCUT2D eigenvalue weighted by atomic mass is 16.6. The fourth-order valence-corrected chi connectivity index (χ4v) is 10.5. The Morgan fingerprint density at radius 3 is 2.05 bits per heavy atom. The maximum absolute atomic E-state index is 12.6. The second-order valence-corrected chi connectivity index (χ2v) is 15.4. The topological polar surface area (TPSA) is 116 Å². The first-order chi connectivity index (χ1) is 20.3. The van der Waals surface area contributed by atoms with Gasteiger partial charge >= 0.3 is 23.9 Å². The predicted molar refractivity (Wildman–Crippen MR) is 166 cm³/mol. The van der Waals surface area contributed by atoms with Crippen molar-refractivity contribution < 1.29 is 38.5 Å². The van der Waals surface area contributed by atoms with Gasteiger partial charge in [-0.3, -0.25) is 14.4 Å². The van der Waals surface area contributed by atoms with Crippen LogP contribution in [0, 0.1) is 39.4 Å². The molecule has 44 heavy (non-hydrogen) atoms. The summed E-state index contributed by atoms with van der Waals surface area (Å²) in [6, 6.07) is 0. The minimum absolute atomic E-state index is 0.0397. The van der Waals surface area contributed by atoms with Gasteiger partial charge in [-0.05, 0) is 80.5 Å². The van der Waals surface area contributed by atoms with Crippen molar-refractivity contribution in [1.82, 2.24) is 0 Å². The number of hydrogen-bond acceptors (Lipinski definition) is 7. The summed E-state index contributed by atoms with van der Waals surface area (Å²) in [5.41, 5.74) is 2.32. The normalized spacial score (nSPS) is 37.5. The van der Waals surface area contributed by atoms with E-state index in [0.717, 1.165) is 38.5 Å². The fourth-order valence-electron chi connectivity index (χ4n) is 10.5. The van der Waals surface area contributed by atoms with Gasteiger partial charge in [0.25, 0.3) is 0 Å². The monoisotopic (exact) mass is 614 g/mol. The van der Waals surface area contributed by atoms with E-state index in [9.17, 15) is 24.3 Å². The van der Waals surface area contributed by atoms with Gasteiger partial charge in [-0.2, -0.15) is 0 Å². The zero-order valence-electron chi connectivity index (χ0n) is 28.5. The highest BCUT2D eigenvalue weighted by Crippen LogP contribution is 2.73. The Bertz CT molecular complexity index is 1260. The Kier molecular flexibility index (Phi) is 9.29. The van der Waals surface area contributed by atoms with Crippen LogP contribution in [-0.2, 0) is 33.4 Å². The van der Waals surface area contributed by atoms with Gasteiger partial charge in [0, 0.05) is 43.6 Å². The number of ether oxygens (including phenoxy) is 3. The van der Waals surface area contributed by atoms with Crippen molar-refractivity contribution in [3.8, 4) is 0 Å². The highest BCUT2D eigenvalue weighted by Gasteiger charge is 2.68. The van der Waals surface area contributed by atoms with E-state index >= 15 is 0 Å². The summed E-state index contributed by atoms with van der Waals surface area (Å²) in [6.45, 7) is 19.6. The van der Waals surface area contributed by atoms with E-state index in [0.29, 0.717) is 18.8 Å². The summed E-state index contributed by atoms with van der Waals surface area (Å²) in [5.74, 6) is -1.55. The molecule has 4 rings (SSSR count). The van der Waals surface area contributed by atoms with Crippen molar-refractivity contribution in [3.05, 3.63) is 22.8 Å². The lowest BCUT2D eigenvalue weighted by Gasteiger charge is -2.62. The quantitative estimate of drug-likeness (QED) is 0.132. The Balaban J connectivity index is 1.77. The molecule has 0 saturated heterocycles. The first-order valence-electron chi connectivity index (χ1n) is 16.4. The first kappa shape index (κ1) is 34.2. The van der Waals surface area contributed by atoms with Gasteiger partial charge in [-0.1, -0.05) is 58.8 Å². The van der Waals surface area contributed by atoms with E-state index in [4.69, 9.17) is 14.2 Å². The average Bonchev–Trinajstić information content (AvgIpc) is 3.13. The first-order valence-corrected chi connectivity index (χ1v) is 16.4. The molecule has 0 aromatic carbocycles. The molecule has 0 aromatic rings. The summed E-state index contributed by atoms with van der Waals surface area (Å²) in [6.07, 6.45) is 7.23. The Morgan fingerprint density at radius 1 is 0.864 bits per heavy atom. The fraction of sp³-hybridized carbons (Fsp3) is 0.778. The molecule has 4 aliphatic carbocycles. The van der Waals surface area contributed by atoms with Crippen LogP contribution in [0.25, 0.3) is 0 Å². The van der Waals surface area contributed by atoms with E-state index in [1.54, 1.807) is 13.0 Å². The Hall–Kier alpha value is -2.64. The van der Waals surface area contributed by atoms with Gasteiger partial charge in [-0.15, -0.1) is 0 Å². The minimum Gasteiger partial charge on any atom is -0.478 e. The molecule has 2 fully saturated rings. The van der Waals surface area contributed by atoms with Crippen molar-refractivity contribution in [2.45, 2.75) is 139 Å². The van der Waals surface area contributed by atoms with Gasteiger partial charge in [0.15, 0.2) is 0 Å². The summed E-state index contributed by atoms with van der Waals surface area (Å²) in [4.78, 5) is 48.2. The lowest BCUT2D eigenvalue weighted by molar-refractivity contribution is -0.168. The number of carbonyl (C=O) groups excluding carboxylic acids is 3. The lowest BCUT2D eigenvalue weighted by Crippen LogP contribution is -2.57. The number of hydrogen-bond donors (Lipinski definition) is 1. The Morgan fingerprint density at radius 2 is 1.48 bits per heavy atom. The molecular formula is C36H54O8. The number of rotatable bonds is 8. The minimum atomic E-state index is -0.990. The summed E-state index contributed by atoms with van der Waals surface area (Å²) in [7, 11) is 0. The lowest BCUT2D eigenvalue weighted by atomic mass is 9.43. The van der Waals surface area contributed by atoms with Crippen molar-refractivity contribution >= 4 is 23.9 Å². The molecule has 0 aliphatic heterocycles. The molecule has 0 bridgehead atoms. The van der Waals surface area contributed by atoms with E-state index in [2.05, 4.69) is 41.5 Å². The largest absolute Gasteiger partial charge is 0.478 e. The standard InChI is InChI=1S/C36H54O8/c1-20(32(40)41)11-13-28(42-22(3)37)21(2)27-19-31(44-24(5)39)36(10)26-12-14-29-33(6,7)30(43-23(4)38)16-17-34(29,8)25(26)15-18-35(27,36)9/h11,21,27-31H,12-19H2,1-10H3,(H,40,41). The van der Waals surface area contributed by atoms with Crippen LogP contribution in [0.5, 0.6) is 0 Å². The molecular weight excluding hydrogens is 560 g/mol. The number of aliphatic carboxylic acids is 1. The molecule has 4 aliphatic rings.